The van der Waals surface area contributed by atoms with Gasteiger partial charge in [0.05, 0.1) is 12.1 Å². The summed E-state index contributed by atoms with van der Waals surface area (Å²) in [6, 6.07) is 0.0671. The first-order valence-electron chi connectivity index (χ1n) is 13.2. The molecule has 0 aromatic rings. The zero-order chi connectivity index (χ0) is 22.2. The SMILES string of the molecule is C[C@H](C(N=O)C1CC1)C1CCN(C)C1(C)CCC1CCCCC2CC(N=O)CCC12C. The number of nitrogens with zero attached hydrogens (tertiary/aromatic N) is 3. The Labute approximate surface area is 189 Å². The maximum atomic E-state index is 11.7. The van der Waals surface area contributed by atoms with Gasteiger partial charge in [0.15, 0.2) is 0 Å². The highest BCUT2D eigenvalue weighted by Crippen LogP contribution is 2.55. The van der Waals surface area contributed by atoms with Crippen molar-refractivity contribution in [3.05, 3.63) is 9.81 Å². The van der Waals surface area contributed by atoms with Gasteiger partial charge < -0.3 is 4.90 Å². The highest BCUT2D eigenvalue weighted by atomic mass is 16.3. The lowest BCUT2D eigenvalue weighted by Crippen LogP contribution is -2.48. The second-order valence-electron chi connectivity index (χ2n) is 12.2. The van der Waals surface area contributed by atoms with Crippen LogP contribution in [0.1, 0.15) is 97.8 Å². The van der Waals surface area contributed by atoms with E-state index < -0.39 is 0 Å². The number of fused-ring (bicyclic) bond motifs is 1. The van der Waals surface area contributed by atoms with Crippen molar-refractivity contribution >= 4 is 0 Å². The molecule has 0 amide bonds. The van der Waals surface area contributed by atoms with Gasteiger partial charge >= 0.3 is 0 Å². The summed E-state index contributed by atoms with van der Waals surface area (Å²) in [6.45, 7) is 8.46. The first-order valence-corrected chi connectivity index (χ1v) is 13.2. The van der Waals surface area contributed by atoms with E-state index in [0.29, 0.717) is 29.1 Å². The van der Waals surface area contributed by atoms with Crippen LogP contribution in [0.2, 0.25) is 0 Å². The molecule has 0 aromatic heterocycles. The Balaban J connectivity index is 1.47. The minimum Gasteiger partial charge on any atom is -0.301 e. The van der Waals surface area contributed by atoms with Crippen molar-refractivity contribution < 1.29 is 0 Å². The third kappa shape index (κ3) is 4.37. The topological polar surface area (TPSA) is 62.1 Å². The molecule has 31 heavy (non-hydrogen) atoms. The van der Waals surface area contributed by atoms with Gasteiger partial charge in [-0.1, -0.05) is 37.0 Å². The van der Waals surface area contributed by atoms with E-state index in [1.54, 1.807) is 0 Å². The highest BCUT2D eigenvalue weighted by Gasteiger charge is 2.51. The molecule has 5 heteroatoms. The third-order valence-electron chi connectivity index (χ3n) is 10.8. The van der Waals surface area contributed by atoms with Crippen LogP contribution in [-0.4, -0.2) is 36.1 Å². The predicted octanol–water partition coefficient (Wildman–Crippen LogP) is 6.79. The first-order chi connectivity index (χ1) is 14.8. The van der Waals surface area contributed by atoms with Gasteiger partial charge in [0.2, 0.25) is 0 Å². The van der Waals surface area contributed by atoms with Crippen LogP contribution in [0.25, 0.3) is 0 Å². The first kappa shape index (κ1) is 23.3. The van der Waals surface area contributed by atoms with Crippen molar-refractivity contribution in [3.63, 3.8) is 0 Å². The molecule has 1 saturated heterocycles. The van der Waals surface area contributed by atoms with Gasteiger partial charge in [-0.3, -0.25) is 0 Å². The van der Waals surface area contributed by atoms with Crippen LogP contribution >= 0.6 is 0 Å². The zero-order valence-electron chi connectivity index (χ0n) is 20.4. The van der Waals surface area contributed by atoms with Gasteiger partial charge in [0.25, 0.3) is 0 Å². The van der Waals surface area contributed by atoms with E-state index in [9.17, 15) is 9.81 Å². The Morgan fingerprint density at radius 1 is 1.03 bits per heavy atom. The molecule has 3 saturated carbocycles. The number of likely N-dealkylation sites (tertiary alicyclic amines) is 1. The van der Waals surface area contributed by atoms with Gasteiger partial charge in [0, 0.05) is 5.54 Å². The van der Waals surface area contributed by atoms with Gasteiger partial charge in [-0.15, -0.1) is 0 Å². The summed E-state index contributed by atoms with van der Waals surface area (Å²) in [7, 11) is 2.30. The minimum atomic E-state index is 0.0155. The normalized spacial score (nSPS) is 43.6. The van der Waals surface area contributed by atoms with Crippen LogP contribution in [0.3, 0.4) is 0 Å². The van der Waals surface area contributed by atoms with Gasteiger partial charge in [-0.25, -0.2) is 0 Å². The summed E-state index contributed by atoms with van der Waals surface area (Å²) < 4.78 is 0. The molecular formula is C26H45N3O2. The van der Waals surface area contributed by atoms with Crippen molar-refractivity contribution in [1.82, 2.24) is 4.90 Å². The average Bonchev–Trinajstić information content (AvgIpc) is 3.56. The van der Waals surface area contributed by atoms with Crippen LogP contribution in [0, 0.1) is 44.8 Å². The molecule has 1 heterocycles. The maximum Gasteiger partial charge on any atom is 0.0976 e. The number of rotatable bonds is 8. The fourth-order valence-electron chi connectivity index (χ4n) is 8.20. The molecular weight excluding hydrogens is 386 g/mol. The quantitative estimate of drug-likeness (QED) is 0.397. The molecule has 176 valence electrons. The summed E-state index contributed by atoms with van der Waals surface area (Å²) in [5.41, 5.74) is 0.532. The molecule has 4 rings (SSSR count). The molecule has 0 aromatic carbocycles. The van der Waals surface area contributed by atoms with Crippen molar-refractivity contribution in [2.75, 3.05) is 13.6 Å². The largest absolute Gasteiger partial charge is 0.301 e. The fraction of sp³-hybridized carbons (Fsp3) is 1.00. The summed E-state index contributed by atoms with van der Waals surface area (Å²) in [5.74, 6) is 2.90. The van der Waals surface area contributed by atoms with Crippen LogP contribution in [0.4, 0.5) is 0 Å². The van der Waals surface area contributed by atoms with Crippen molar-refractivity contribution in [3.8, 4) is 0 Å². The Morgan fingerprint density at radius 3 is 2.45 bits per heavy atom. The van der Waals surface area contributed by atoms with E-state index >= 15 is 0 Å². The van der Waals surface area contributed by atoms with E-state index in [1.165, 1.54) is 64.2 Å². The smallest absolute Gasteiger partial charge is 0.0976 e. The second-order valence-corrected chi connectivity index (χ2v) is 12.2. The number of hydrogen-bond donors (Lipinski definition) is 0. The van der Waals surface area contributed by atoms with Crippen LogP contribution < -0.4 is 0 Å². The Morgan fingerprint density at radius 2 is 1.77 bits per heavy atom. The van der Waals surface area contributed by atoms with E-state index in [2.05, 4.69) is 43.1 Å². The fourth-order valence-corrected chi connectivity index (χ4v) is 8.20. The molecule has 0 radical (unpaired) electrons. The van der Waals surface area contributed by atoms with E-state index in [0.717, 1.165) is 25.3 Å². The van der Waals surface area contributed by atoms with Crippen LogP contribution in [-0.2, 0) is 0 Å². The number of nitroso groups, excluding NO2 is 2. The molecule has 5 nitrogen and oxygen atoms in total. The molecule has 0 bridgehead atoms. The van der Waals surface area contributed by atoms with Gasteiger partial charge in [-0.2, -0.15) is 9.81 Å². The predicted molar refractivity (Wildman–Crippen MR) is 127 cm³/mol. The molecule has 4 aliphatic rings. The third-order valence-corrected chi connectivity index (χ3v) is 10.8. The molecule has 0 spiro atoms. The lowest BCUT2D eigenvalue weighted by atomic mass is 9.57. The minimum absolute atomic E-state index is 0.0155. The monoisotopic (exact) mass is 431 g/mol. The van der Waals surface area contributed by atoms with Crippen molar-refractivity contribution in [1.29, 1.82) is 0 Å². The van der Waals surface area contributed by atoms with Crippen LogP contribution in [0.5, 0.6) is 0 Å². The summed E-state index contributed by atoms with van der Waals surface area (Å²) in [6.07, 6.45) is 14.5. The van der Waals surface area contributed by atoms with E-state index in [1.807, 2.05) is 0 Å². The summed E-state index contributed by atoms with van der Waals surface area (Å²) >= 11 is 0. The van der Waals surface area contributed by atoms with E-state index in [4.69, 9.17) is 0 Å². The Kier molecular flexibility index (Phi) is 6.91. The second kappa shape index (κ2) is 9.19. The lowest BCUT2D eigenvalue weighted by Gasteiger charge is -2.49. The molecule has 1 aliphatic heterocycles. The summed E-state index contributed by atoms with van der Waals surface area (Å²) in [4.78, 5) is 25.5. The Hall–Kier alpha value is -0.840. The van der Waals surface area contributed by atoms with Crippen molar-refractivity contribution in [2.45, 2.75) is 115 Å². The lowest BCUT2D eigenvalue weighted by molar-refractivity contribution is 0.0173. The Bertz CT molecular complexity index is 653. The van der Waals surface area contributed by atoms with Crippen molar-refractivity contribution in [2.24, 2.45) is 45.4 Å². The average molecular weight is 432 g/mol. The maximum absolute atomic E-state index is 11.7. The van der Waals surface area contributed by atoms with E-state index in [-0.39, 0.29) is 17.6 Å². The van der Waals surface area contributed by atoms with Gasteiger partial charge in [-0.05, 0) is 120 Å². The molecule has 7 unspecified atom stereocenters. The summed E-state index contributed by atoms with van der Waals surface area (Å²) in [5, 5.41) is 7.06. The zero-order valence-corrected chi connectivity index (χ0v) is 20.4. The standard InChI is InChI=1S/C26H45N3O2/c1-18(24(28-31)19-9-10-19)23-13-16-29(4)26(23,3)15-11-20-7-5-6-8-21-17-22(27-30)12-14-25(20,21)2/h18-24H,5-17H2,1-4H3/t18-,20?,21?,22?,23?,24?,25?,26?/m0/s1. The van der Waals surface area contributed by atoms with Gasteiger partial charge in [0.1, 0.15) is 0 Å². The number of hydrogen-bond acceptors (Lipinski definition) is 5. The molecule has 0 N–H and O–H groups in total. The molecule has 3 aliphatic carbocycles. The molecule has 4 fully saturated rings. The van der Waals surface area contributed by atoms with Crippen LogP contribution in [0.15, 0.2) is 10.4 Å². The highest BCUT2D eigenvalue weighted by molar-refractivity contribution is 5.05. The molecule has 8 atom stereocenters.